The van der Waals surface area contributed by atoms with Crippen molar-refractivity contribution in [2.24, 2.45) is 0 Å². The second-order valence-electron chi connectivity index (χ2n) is 4.06. The quantitative estimate of drug-likeness (QED) is 0.747. The Morgan fingerprint density at radius 3 is 1.87 bits per heavy atom. The first-order valence-electron chi connectivity index (χ1n) is 6.00. The van der Waals surface area contributed by atoms with Gasteiger partial charge in [-0.15, -0.1) is 0 Å². The van der Waals surface area contributed by atoms with E-state index in [2.05, 4.69) is 19.9 Å². The second kappa shape index (κ2) is 6.49. The number of benzene rings is 1. The molecule has 1 aromatic carbocycles. The van der Waals surface area contributed by atoms with Crippen molar-refractivity contribution >= 4 is 0 Å². The van der Waals surface area contributed by atoms with Crippen molar-refractivity contribution in [3.8, 4) is 5.75 Å². The van der Waals surface area contributed by atoms with Crippen molar-refractivity contribution in [2.45, 2.75) is 52.4 Å². The normalized spacial score (nSPS) is 10.5. The van der Waals surface area contributed by atoms with E-state index in [9.17, 15) is 5.11 Å². The lowest BCUT2D eigenvalue weighted by Gasteiger charge is -2.08. The van der Waals surface area contributed by atoms with E-state index in [4.69, 9.17) is 0 Å². The van der Waals surface area contributed by atoms with Gasteiger partial charge in [-0.3, -0.25) is 0 Å². The molecule has 1 nitrogen and oxygen atoms in total. The van der Waals surface area contributed by atoms with Crippen LogP contribution in [0.3, 0.4) is 0 Å². The molecule has 0 atom stereocenters. The fourth-order valence-corrected chi connectivity index (χ4v) is 1.70. The van der Waals surface area contributed by atoms with E-state index >= 15 is 0 Å². The highest BCUT2D eigenvalue weighted by atomic mass is 16.3. The van der Waals surface area contributed by atoms with Crippen LogP contribution in [0.2, 0.25) is 0 Å². The lowest BCUT2D eigenvalue weighted by atomic mass is 10.0. The number of aryl methyl sites for hydroxylation is 2. The third-order valence-corrected chi connectivity index (χ3v) is 2.72. The van der Waals surface area contributed by atoms with Crippen LogP contribution >= 0.6 is 0 Å². The van der Waals surface area contributed by atoms with E-state index in [-0.39, 0.29) is 0 Å². The van der Waals surface area contributed by atoms with Crippen LogP contribution in [0.25, 0.3) is 0 Å². The highest BCUT2D eigenvalue weighted by molar-refractivity contribution is 5.40. The van der Waals surface area contributed by atoms with E-state index in [1.54, 1.807) is 0 Å². The van der Waals surface area contributed by atoms with E-state index in [1.807, 2.05) is 12.1 Å². The van der Waals surface area contributed by atoms with Gasteiger partial charge in [0.1, 0.15) is 5.75 Å². The first-order chi connectivity index (χ1) is 7.29. The van der Waals surface area contributed by atoms with Crippen molar-refractivity contribution in [2.75, 3.05) is 0 Å². The fraction of sp³-hybridized carbons (Fsp3) is 0.571. The van der Waals surface area contributed by atoms with Gasteiger partial charge in [0.2, 0.25) is 0 Å². The van der Waals surface area contributed by atoms with Gasteiger partial charge in [0, 0.05) is 0 Å². The number of hydrogen-bond acceptors (Lipinski definition) is 1. The maximum Gasteiger partial charge on any atom is 0.121 e. The molecular formula is C14H21O. The topological polar surface area (TPSA) is 20.2 Å². The molecule has 0 aromatic heterocycles. The summed E-state index contributed by atoms with van der Waals surface area (Å²) in [6.07, 6.45) is 6.55. The smallest absolute Gasteiger partial charge is 0.121 e. The van der Waals surface area contributed by atoms with Gasteiger partial charge in [-0.05, 0) is 55.0 Å². The standard InChI is InChI=1S/C14H21O/c1-3-5-8-12-10-7-11-13(14(12)15)9-6-4-2/h10-11,15H,3-6,8-9H2,1-2H3. The third-order valence-electron chi connectivity index (χ3n) is 2.72. The molecule has 0 fully saturated rings. The Bertz CT molecular complexity index is 265. The molecular weight excluding hydrogens is 184 g/mol. The largest absolute Gasteiger partial charge is 0.507 e. The second-order valence-corrected chi connectivity index (χ2v) is 4.06. The van der Waals surface area contributed by atoms with Gasteiger partial charge in [-0.1, -0.05) is 26.7 Å². The summed E-state index contributed by atoms with van der Waals surface area (Å²) in [6.45, 7) is 4.34. The van der Waals surface area contributed by atoms with Crippen LogP contribution < -0.4 is 0 Å². The molecule has 0 spiro atoms. The lowest BCUT2D eigenvalue weighted by molar-refractivity contribution is 0.458. The Morgan fingerprint density at radius 1 is 1.00 bits per heavy atom. The SMILES string of the molecule is CCCCc1c[c]cc(CCCC)c1O. The first kappa shape index (κ1) is 12.1. The summed E-state index contributed by atoms with van der Waals surface area (Å²) in [7, 11) is 0. The number of aromatic hydroxyl groups is 1. The molecule has 1 heteroatoms. The molecule has 0 amide bonds. The van der Waals surface area contributed by atoms with E-state index in [0.717, 1.165) is 36.8 Å². The van der Waals surface area contributed by atoms with Crippen molar-refractivity contribution in [3.63, 3.8) is 0 Å². The van der Waals surface area contributed by atoms with Crippen molar-refractivity contribution in [1.82, 2.24) is 0 Å². The molecule has 0 aliphatic carbocycles. The third kappa shape index (κ3) is 3.58. The molecule has 1 radical (unpaired) electrons. The lowest BCUT2D eigenvalue weighted by Crippen LogP contribution is -1.92. The molecule has 0 heterocycles. The van der Waals surface area contributed by atoms with Gasteiger partial charge in [-0.2, -0.15) is 0 Å². The van der Waals surface area contributed by atoms with Gasteiger partial charge in [0.25, 0.3) is 0 Å². The van der Waals surface area contributed by atoms with Crippen LogP contribution in [0.1, 0.15) is 50.7 Å². The van der Waals surface area contributed by atoms with Crippen LogP contribution in [-0.4, -0.2) is 5.11 Å². The Labute approximate surface area is 93.1 Å². The molecule has 1 rings (SSSR count). The molecule has 0 aliphatic heterocycles. The molecule has 0 saturated carbocycles. The zero-order valence-electron chi connectivity index (χ0n) is 9.84. The minimum atomic E-state index is 0.510. The number of phenols is 1. The predicted molar refractivity (Wildman–Crippen MR) is 64.2 cm³/mol. The Kier molecular flexibility index (Phi) is 5.23. The van der Waals surface area contributed by atoms with Crippen LogP contribution in [0, 0.1) is 6.07 Å². The summed E-state index contributed by atoms with van der Waals surface area (Å²) in [5.74, 6) is 0.510. The van der Waals surface area contributed by atoms with Gasteiger partial charge in [0.15, 0.2) is 0 Å². The summed E-state index contributed by atoms with van der Waals surface area (Å²) in [6, 6.07) is 6.96. The van der Waals surface area contributed by atoms with Crippen LogP contribution in [0.5, 0.6) is 5.75 Å². The zero-order chi connectivity index (χ0) is 11.1. The van der Waals surface area contributed by atoms with Gasteiger partial charge in [0.05, 0.1) is 0 Å². The minimum absolute atomic E-state index is 0.510. The number of rotatable bonds is 6. The Hall–Kier alpha value is -0.980. The van der Waals surface area contributed by atoms with Crippen LogP contribution in [0.4, 0.5) is 0 Å². The molecule has 1 N–H and O–H groups in total. The Morgan fingerprint density at radius 2 is 1.47 bits per heavy atom. The van der Waals surface area contributed by atoms with Gasteiger partial charge in [-0.25, -0.2) is 0 Å². The average molecular weight is 205 g/mol. The fourth-order valence-electron chi connectivity index (χ4n) is 1.70. The molecule has 0 unspecified atom stereocenters. The number of hydrogen-bond donors (Lipinski definition) is 1. The van der Waals surface area contributed by atoms with Gasteiger partial charge < -0.3 is 5.11 Å². The number of phenolic OH excluding ortho intramolecular Hbond substituents is 1. The predicted octanol–water partition coefficient (Wildman–Crippen LogP) is 3.88. The molecule has 15 heavy (non-hydrogen) atoms. The summed E-state index contributed by atoms with van der Waals surface area (Å²) < 4.78 is 0. The van der Waals surface area contributed by atoms with E-state index < -0.39 is 0 Å². The zero-order valence-corrected chi connectivity index (χ0v) is 9.84. The molecule has 0 aliphatic rings. The molecule has 0 saturated heterocycles. The summed E-state index contributed by atoms with van der Waals surface area (Å²) in [5.41, 5.74) is 2.12. The summed E-state index contributed by atoms with van der Waals surface area (Å²) >= 11 is 0. The first-order valence-corrected chi connectivity index (χ1v) is 6.00. The highest BCUT2D eigenvalue weighted by Gasteiger charge is 2.05. The minimum Gasteiger partial charge on any atom is -0.507 e. The van der Waals surface area contributed by atoms with Crippen LogP contribution in [0.15, 0.2) is 12.1 Å². The van der Waals surface area contributed by atoms with E-state index in [0.29, 0.717) is 5.75 Å². The van der Waals surface area contributed by atoms with Crippen molar-refractivity contribution in [1.29, 1.82) is 0 Å². The maximum atomic E-state index is 10.0. The molecule has 83 valence electrons. The van der Waals surface area contributed by atoms with Crippen molar-refractivity contribution in [3.05, 3.63) is 29.3 Å². The monoisotopic (exact) mass is 205 g/mol. The van der Waals surface area contributed by atoms with E-state index in [1.165, 1.54) is 12.8 Å². The van der Waals surface area contributed by atoms with Gasteiger partial charge >= 0.3 is 0 Å². The Balaban J connectivity index is 2.71. The highest BCUT2D eigenvalue weighted by Crippen LogP contribution is 2.25. The number of unbranched alkanes of at least 4 members (excludes halogenated alkanes) is 2. The molecule has 1 aromatic rings. The molecule has 0 bridgehead atoms. The van der Waals surface area contributed by atoms with Crippen molar-refractivity contribution < 1.29 is 5.11 Å². The average Bonchev–Trinajstić information content (AvgIpc) is 2.26. The summed E-state index contributed by atoms with van der Waals surface area (Å²) in [5, 5.41) is 10.0. The van der Waals surface area contributed by atoms with Crippen LogP contribution in [-0.2, 0) is 12.8 Å². The maximum absolute atomic E-state index is 10.0. The summed E-state index contributed by atoms with van der Waals surface area (Å²) in [4.78, 5) is 0.